The molecule has 0 unspecified atom stereocenters. The number of hydrogen-bond donors (Lipinski definition) is 0. The second-order valence-corrected chi connectivity index (χ2v) is 8.79. The van der Waals surface area contributed by atoms with Crippen LogP contribution >= 0.6 is 0 Å². The van der Waals surface area contributed by atoms with Crippen LogP contribution in [-0.4, -0.2) is 66.3 Å². The summed E-state index contributed by atoms with van der Waals surface area (Å²) in [6, 6.07) is 5.47. The highest BCUT2D eigenvalue weighted by Crippen LogP contribution is 2.32. The molecule has 0 aliphatic carbocycles. The van der Waals surface area contributed by atoms with Gasteiger partial charge in [-0.05, 0) is 24.1 Å². The van der Waals surface area contributed by atoms with Crippen LogP contribution in [0.5, 0.6) is 11.5 Å². The number of ether oxygens (including phenoxy) is 2. The molecule has 0 spiro atoms. The van der Waals surface area contributed by atoms with Gasteiger partial charge in [0.1, 0.15) is 4.90 Å². The van der Waals surface area contributed by atoms with Gasteiger partial charge in [0, 0.05) is 39.4 Å². The highest BCUT2D eigenvalue weighted by molar-refractivity contribution is 7.89. The van der Waals surface area contributed by atoms with Crippen LogP contribution in [0.4, 0.5) is 0 Å². The van der Waals surface area contributed by atoms with E-state index in [0.717, 1.165) is 5.56 Å². The quantitative estimate of drug-likeness (QED) is 0.739. The average Bonchev–Trinajstić information content (AvgIpc) is 3.23. The van der Waals surface area contributed by atoms with E-state index in [4.69, 9.17) is 9.47 Å². The van der Waals surface area contributed by atoms with Crippen molar-refractivity contribution in [3.63, 3.8) is 0 Å². The number of aryl methyl sites for hydroxylation is 1. The zero-order valence-electron chi connectivity index (χ0n) is 15.6. The maximum atomic E-state index is 12.8. The first-order chi connectivity index (χ1) is 13.4. The summed E-state index contributed by atoms with van der Waals surface area (Å²) in [4.78, 5) is 14.6. The summed E-state index contributed by atoms with van der Waals surface area (Å²) in [6.45, 7) is 1.74. The van der Waals surface area contributed by atoms with E-state index >= 15 is 0 Å². The highest BCUT2D eigenvalue weighted by Gasteiger charge is 2.29. The molecule has 2 aromatic rings. The van der Waals surface area contributed by atoms with E-state index in [9.17, 15) is 13.2 Å². The molecule has 28 heavy (non-hydrogen) atoms. The van der Waals surface area contributed by atoms with Crippen LogP contribution in [-0.2, 0) is 28.3 Å². The molecule has 1 fully saturated rings. The monoisotopic (exact) mass is 406 g/mol. The lowest BCUT2D eigenvalue weighted by atomic mass is 10.1. The molecule has 0 N–H and O–H groups in total. The van der Waals surface area contributed by atoms with Gasteiger partial charge in [0.2, 0.25) is 22.7 Å². The fourth-order valence-electron chi connectivity index (χ4n) is 3.40. The summed E-state index contributed by atoms with van der Waals surface area (Å²) in [5.74, 6) is 1.30. The van der Waals surface area contributed by atoms with Gasteiger partial charge in [-0.15, -0.1) is 0 Å². The number of sulfonamides is 1. The van der Waals surface area contributed by atoms with Gasteiger partial charge >= 0.3 is 0 Å². The van der Waals surface area contributed by atoms with E-state index < -0.39 is 10.0 Å². The van der Waals surface area contributed by atoms with Crippen molar-refractivity contribution >= 4 is 15.9 Å². The van der Waals surface area contributed by atoms with Crippen molar-refractivity contribution in [2.24, 2.45) is 7.05 Å². The van der Waals surface area contributed by atoms with Crippen LogP contribution in [0.15, 0.2) is 35.5 Å². The third kappa shape index (κ3) is 3.69. The number of nitrogens with zero attached hydrogens (tertiary/aromatic N) is 4. The van der Waals surface area contributed by atoms with Gasteiger partial charge in [0.15, 0.2) is 11.5 Å². The van der Waals surface area contributed by atoms with Gasteiger partial charge in [-0.1, -0.05) is 6.07 Å². The Bertz CT molecular complexity index is 988. The summed E-state index contributed by atoms with van der Waals surface area (Å²) in [5.41, 5.74) is 0.846. The summed E-state index contributed by atoms with van der Waals surface area (Å²) in [5, 5.41) is 3.94. The average molecular weight is 406 g/mol. The second kappa shape index (κ2) is 7.44. The minimum atomic E-state index is -3.60. The third-order valence-electron chi connectivity index (χ3n) is 4.92. The molecule has 150 valence electrons. The van der Waals surface area contributed by atoms with E-state index in [-0.39, 0.29) is 30.6 Å². The van der Waals surface area contributed by atoms with Crippen molar-refractivity contribution in [2.75, 3.05) is 33.0 Å². The fourth-order valence-corrected chi connectivity index (χ4v) is 4.86. The van der Waals surface area contributed by atoms with E-state index in [1.807, 2.05) is 12.1 Å². The summed E-state index contributed by atoms with van der Waals surface area (Å²) >= 11 is 0. The van der Waals surface area contributed by atoms with Gasteiger partial charge in [-0.3, -0.25) is 9.48 Å². The van der Waals surface area contributed by atoms with Crippen LogP contribution in [0.1, 0.15) is 12.0 Å². The Morgan fingerprint density at radius 2 is 1.96 bits per heavy atom. The predicted molar refractivity (Wildman–Crippen MR) is 99.4 cm³/mol. The van der Waals surface area contributed by atoms with E-state index in [1.54, 1.807) is 18.0 Å². The Morgan fingerprint density at radius 3 is 2.75 bits per heavy atom. The molecule has 2 aliphatic rings. The number of benzene rings is 1. The standard InChI is InChI=1S/C18H22N4O5S/c1-20-12-15(11-19-20)28(24,25)22-6-2-5-21(7-8-22)18(23)10-14-3-4-16-17(9-14)27-13-26-16/h3-4,9,11-12H,2,5-8,10,13H2,1H3. The molecule has 2 aliphatic heterocycles. The zero-order valence-corrected chi connectivity index (χ0v) is 16.4. The number of carbonyl (C=O) groups is 1. The second-order valence-electron chi connectivity index (χ2n) is 6.85. The number of fused-ring (bicyclic) bond motifs is 1. The van der Waals surface area contributed by atoms with E-state index in [1.165, 1.54) is 21.4 Å². The number of carbonyl (C=O) groups excluding carboxylic acids is 1. The lowest BCUT2D eigenvalue weighted by Gasteiger charge is -2.21. The van der Waals surface area contributed by atoms with E-state index in [2.05, 4.69) is 5.10 Å². The van der Waals surface area contributed by atoms with Crippen LogP contribution in [0.25, 0.3) is 0 Å². The molecule has 9 nitrogen and oxygen atoms in total. The molecule has 10 heteroatoms. The van der Waals surface area contributed by atoms with E-state index in [0.29, 0.717) is 37.6 Å². The normalized spacial score (nSPS) is 17.5. The Labute approximate surface area is 163 Å². The molecule has 1 saturated heterocycles. The third-order valence-corrected chi connectivity index (χ3v) is 6.77. The molecule has 0 saturated carbocycles. The van der Waals surface area contributed by atoms with Gasteiger partial charge in [-0.25, -0.2) is 8.42 Å². The Morgan fingerprint density at radius 1 is 1.14 bits per heavy atom. The molecule has 1 aromatic heterocycles. The summed E-state index contributed by atoms with van der Waals surface area (Å²) in [7, 11) is -1.92. The molecular weight excluding hydrogens is 384 g/mol. The van der Waals surface area contributed by atoms with Gasteiger partial charge < -0.3 is 14.4 Å². The van der Waals surface area contributed by atoms with Crippen molar-refractivity contribution < 1.29 is 22.7 Å². The number of amides is 1. The first-order valence-corrected chi connectivity index (χ1v) is 10.5. The maximum Gasteiger partial charge on any atom is 0.246 e. The minimum absolute atomic E-state index is 0.0282. The molecule has 0 radical (unpaired) electrons. The number of aromatic nitrogens is 2. The number of rotatable bonds is 4. The van der Waals surface area contributed by atoms with Gasteiger partial charge in [-0.2, -0.15) is 9.40 Å². The van der Waals surface area contributed by atoms with Crippen LogP contribution < -0.4 is 9.47 Å². The van der Waals surface area contributed by atoms with Crippen molar-refractivity contribution in [3.05, 3.63) is 36.2 Å². The SMILES string of the molecule is Cn1cc(S(=O)(=O)N2CCCN(C(=O)Cc3ccc4c(c3)OCO4)CC2)cn1. The van der Waals surface area contributed by atoms with Crippen molar-refractivity contribution in [3.8, 4) is 11.5 Å². The maximum absolute atomic E-state index is 12.8. The lowest BCUT2D eigenvalue weighted by molar-refractivity contribution is -0.130. The first kappa shape index (κ1) is 18.8. The van der Waals surface area contributed by atoms with Gasteiger partial charge in [0.05, 0.1) is 12.6 Å². The molecule has 3 heterocycles. The smallest absolute Gasteiger partial charge is 0.246 e. The molecule has 4 rings (SSSR count). The molecular formula is C18H22N4O5S. The summed E-state index contributed by atoms with van der Waals surface area (Å²) in [6.07, 6.45) is 3.67. The Hall–Kier alpha value is -2.59. The number of hydrogen-bond acceptors (Lipinski definition) is 6. The van der Waals surface area contributed by atoms with Crippen molar-refractivity contribution in [2.45, 2.75) is 17.7 Å². The lowest BCUT2D eigenvalue weighted by Crippen LogP contribution is -2.37. The molecule has 1 amide bonds. The van der Waals surface area contributed by atoms with Crippen LogP contribution in [0.3, 0.4) is 0 Å². The van der Waals surface area contributed by atoms with Crippen molar-refractivity contribution in [1.29, 1.82) is 0 Å². The Balaban J connectivity index is 1.40. The predicted octanol–water partition coefficient (Wildman–Crippen LogP) is 0.614. The van der Waals surface area contributed by atoms with Gasteiger partial charge in [0.25, 0.3) is 0 Å². The molecule has 0 bridgehead atoms. The first-order valence-electron chi connectivity index (χ1n) is 9.08. The summed E-state index contributed by atoms with van der Waals surface area (Å²) < 4.78 is 39.1. The van der Waals surface area contributed by atoms with Crippen molar-refractivity contribution in [1.82, 2.24) is 19.0 Å². The highest BCUT2D eigenvalue weighted by atomic mass is 32.2. The minimum Gasteiger partial charge on any atom is -0.454 e. The molecule has 0 atom stereocenters. The van der Waals surface area contributed by atoms with Crippen LogP contribution in [0, 0.1) is 0 Å². The molecule has 1 aromatic carbocycles. The van der Waals surface area contributed by atoms with Crippen LogP contribution in [0.2, 0.25) is 0 Å². The zero-order chi connectivity index (χ0) is 19.7. The fraction of sp³-hybridized carbons (Fsp3) is 0.444. The Kier molecular flexibility index (Phi) is 4.98. The topological polar surface area (TPSA) is 94.0 Å². The largest absolute Gasteiger partial charge is 0.454 e.